The van der Waals surface area contributed by atoms with Crippen molar-refractivity contribution in [2.24, 2.45) is 0 Å². The van der Waals surface area contributed by atoms with Gasteiger partial charge in [-0.25, -0.2) is 0 Å². The maximum atomic E-state index is 13.7. The van der Waals surface area contributed by atoms with Gasteiger partial charge in [0.05, 0.1) is 15.8 Å². The molecule has 0 aliphatic carbocycles. The smallest absolute Gasteiger partial charge is 0.243 e. The second kappa shape index (κ2) is 13.4. The average molecular weight is 558 g/mol. The first-order valence-electron chi connectivity index (χ1n) is 12.2. The molecule has 0 unspecified atom stereocenters. The summed E-state index contributed by atoms with van der Waals surface area (Å²) in [6.07, 6.45) is 0.401. The highest BCUT2D eigenvalue weighted by Gasteiger charge is 2.32. The maximum Gasteiger partial charge on any atom is 0.243 e. The Balaban J connectivity index is 1.89. The first kappa shape index (κ1) is 29.1. The summed E-state index contributed by atoms with van der Waals surface area (Å²) in [5, 5.41) is 3.95. The molecule has 3 aromatic carbocycles. The van der Waals surface area contributed by atoms with E-state index in [1.807, 2.05) is 63.2 Å². The first-order valence-corrected chi connectivity index (χ1v) is 14.2. The van der Waals surface area contributed by atoms with Crippen LogP contribution in [-0.4, -0.2) is 34.0 Å². The zero-order valence-electron chi connectivity index (χ0n) is 21.8. The van der Waals surface area contributed by atoms with Crippen LogP contribution in [0.5, 0.6) is 0 Å². The van der Waals surface area contributed by atoms with Gasteiger partial charge in [0.25, 0.3) is 0 Å². The summed E-state index contributed by atoms with van der Waals surface area (Å²) in [7, 11) is 0. The summed E-state index contributed by atoms with van der Waals surface area (Å²) < 4.78 is 0. The van der Waals surface area contributed by atoms with Crippen molar-refractivity contribution < 1.29 is 9.59 Å². The van der Waals surface area contributed by atoms with Crippen LogP contribution in [0.25, 0.3) is 0 Å². The number of rotatable bonds is 10. The highest BCUT2D eigenvalue weighted by molar-refractivity contribution is 7.99. The molecule has 0 aliphatic heterocycles. The molecule has 0 saturated heterocycles. The number of nitrogens with zero attached hydrogens (tertiary/aromatic N) is 1. The van der Waals surface area contributed by atoms with Gasteiger partial charge in [-0.05, 0) is 56.5 Å². The van der Waals surface area contributed by atoms with Gasteiger partial charge in [0.2, 0.25) is 11.8 Å². The Bertz CT molecular complexity index is 1210. The van der Waals surface area contributed by atoms with Crippen LogP contribution in [0.2, 0.25) is 10.0 Å². The Kier molecular flexibility index (Phi) is 10.5. The quantitative estimate of drug-likeness (QED) is 0.290. The minimum Gasteiger partial charge on any atom is -0.350 e. The van der Waals surface area contributed by atoms with Gasteiger partial charge in [-0.1, -0.05) is 89.4 Å². The number of thioether (sulfide) groups is 1. The van der Waals surface area contributed by atoms with Crippen LogP contribution < -0.4 is 5.32 Å². The van der Waals surface area contributed by atoms with Crippen molar-refractivity contribution in [3.05, 3.63) is 105 Å². The molecular formula is C30H34Cl2N2O2S. The van der Waals surface area contributed by atoms with Gasteiger partial charge in [-0.15, -0.1) is 11.8 Å². The van der Waals surface area contributed by atoms with Gasteiger partial charge in [-0.3, -0.25) is 9.59 Å². The van der Waals surface area contributed by atoms with Crippen molar-refractivity contribution in [3.8, 4) is 0 Å². The molecule has 0 fully saturated rings. The van der Waals surface area contributed by atoms with Crippen molar-refractivity contribution in [2.75, 3.05) is 5.75 Å². The predicted molar refractivity (Wildman–Crippen MR) is 156 cm³/mol. The van der Waals surface area contributed by atoms with Crippen LogP contribution in [0, 0.1) is 6.92 Å². The van der Waals surface area contributed by atoms with Gasteiger partial charge in [0, 0.05) is 24.3 Å². The van der Waals surface area contributed by atoms with Crippen molar-refractivity contribution in [1.82, 2.24) is 10.2 Å². The monoisotopic (exact) mass is 556 g/mol. The lowest BCUT2D eigenvalue weighted by atomic mass is 10.0. The van der Waals surface area contributed by atoms with Crippen LogP contribution >= 0.6 is 35.0 Å². The van der Waals surface area contributed by atoms with Gasteiger partial charge >= 0.3 is 0 Å². The zero-order valence-corrected chi connectivity index (χ0v) is 24.1. The van der Waals surface area contributed by atoms with Crippen LogP contribution in [0.4, 0.5) is 0 Å². The van der Waals surface area contributed by atoms with Crippen LogP contribution in [0.1, 0.15) is 43.0 Å². The number of amides is 2. The van der Waals surface area contributed by atoms with E-state index in [2.05, 4.69) is 30.4 Å². The van der Waals surface area contributed by atoms with E-state index in [-0.39, 0.29) is 24.1 Å². The number of benzene rings is 3. The van der Waals surface area contributed by atoms with E-state index < -0.39 is 11.6 Å². The number of nitrogens with one attached hydrogen (secondary N) is 1. The summed E-state index contributed by atoms with van der Waals surface area (Å²) in [5.41, 5.74) is 3.71. The highest BCUT2D eigenvalue weighted by Crippen LogP contribution is 2.25. The Labute approximate surface area is 234 Å². The standard InChI is InChI=1S/C30H34Cl2N2O2S/c1-21-9-8-12-24(15-21)19-37-20-28(35)34(18-23-13-14-25(31)26(32)16-23)27(29(36)33-30(2,3)4)17-22-10-6-5-7-11-22/h5-16,27H,17-20H2,1-4H3,(H,33,36)/t27-/m0/s1. The lowest BCUT2D eigenvalue weighted by molar-refractivity contribution is -0.140. The molecule has 1 atom stereocenters. The Morgan fingerprint density at radius 1 is 0.892 bits per heavy atom. The number of hydrogen-bond acceptors (Lipinski definition) is 3. The Hall–Kier alpha value is -2.47. The molecule has 2 amide bonds. The van der Waals surface area contributed by atoms with E-state index in [1.165, 1.54) is 11.1 Å². The lowest BCUT2D eigenvalue weighted by Gasteiger charge is -2.34. The van der Waals surface area contributed by atoms with E-state index in [9.17, 15) is 9.59 Å². The first-order chi connectivity index (χ1) is 17.5. The molecule has 0 aromatic heterocycles. The van der Waals surface area contributed by atoms with Crippen molar-refractivity contribution in [3.63, 3.8) is 0 Å². The second-order valence-electron chi connectivity index (χ2n) is 10.2. The third-order valence-electron chi connectivity index (χ3n) is 5.68. The molecule has 0 spiro atoms. The summed E-state index contributed by atoms with van der Waals surface area (Å²) in [6.45, 7) is 8.12. The number of carbonyl (C=O) groups excluding carboxylic acids is 2. The van der Waals surface area contributed by atoms with Crippen LogP contribution in [0.3, 0.4) is 0 Å². The molecule has 3 rings (SSSR count). The molecule has 0 bridgehead atoms. The lowest BCUT2D eigenvalue weighted by Crippen LogP contribution is -2.54. The molecular weight excluding hydrogens is 523 g/mol. The molecule has 7 heteroatoms. The molecule has 0 aliphatic rings. The van der Waals surface area contributed by atoms with Crippen LogP contribution in [-0.2, 0) is 28.3 Å². The second-order valence-corrected chi connectivity index (χ2v) is 12.0. The minimum absolute atomic E-state index is 0.103. The fraction of sp³-hybridized carbons (Fsp3) is 0.333. The van der Waals surface area contributed by atoms with E-state index in [0.717, 1.165) is 11.1 Å². The Morgan fingerprint density at radius 2 is 1.59 bits per heavy atom. The molecule has 0 radical (unpaired) electrons. The molecule has 3 aromatic rings. The Morgan fingerprint density at radius 3 is 2.24 bits per heavy atom. The number of carbonyl (C=O) groups is 2. The normalized spacial score (nSPS) is 12.2. The third-order valence-corrected chi connectivity index (χ3v) is 7.41. The minimum atomic E-state index is -0.692. The molecule has 1 N–H and O–H groups in total. The molecule has 196 valence electrons. The fourth-order valence-electron chi connectivity index (χ4n) is 3.98. The highest BCUT2D eigenvalue weighted by atomic mass is 35.5. The van der Waals surface area contributed by atoms with Gasteiger partial charge in [0.15, 0.2) is 0 Å². The van der Waals surface area contributed by atoms with Crippen molar-refractivity contribution in [1.29, 1.82) is 0 Å². The maximum absolute atomic E-state index is 13.7. The zero-order chi connectivity index (χ0) is 27.0. The topological polar surface area (TPSA) is 49.4 Å². The van der Waals surface area contributed by atoms with E-state index in [0.29, 0.717) is 22.2 Å². The molecule has 0 heterocycles. The molecule has 0 saturated carbocycles. The van der Waals surface area contributed by atoms with Gasteiger partial charge in [0.1, 0.15) is 6.04 Å². The van der Waals surface area contributed by atoms with Crippen molar-refractivity contribution in [2.45, 2.75) is 58.0 Å². The van der Waals surface area contributed by atoms with E-state index in [4.69, 9.17) is 23.2 Å². The number of aryl methyl sites for hydroxylation is 1. The van der Waals surface area contributed by atoms with Crippen molar-refractivity contribution >= 4 is 46.8 Å². The third kappa shape index (κ3) is 9.41. The number of halogens is 2. The predicted octanol–water partition coefficient (Wildman–Crippen LogP) is 7.09. The summed E-state index contributed by atoms with van der Waals surface area (Å²) >= 11 is 14.0. The van der Waals surface area contributed by atoms with E-state index >= 15 is 0 Å². The van der Waals surface area contributed by atoms with E-state index in [1.54, 1.807) is 28.8 Å². The fourth-order valence-corrected chi connectivity index (χ4v) is 5.16. The SMILES string of the molecule is Cc1cccc(CSCC(=O)N(Cc2ccc(Cl)c(Cl)c2)[C@@H](Cc2ccccc2)C(=O)NC(C)(C)C)c1. The van der Waals surface area contributed by atoms with Gasteiger partial charge in [-0.2, -0.15) is 0 Å². The summed E-state index contributed by atoms with van der Waals surface area (Å²) in [4.78, 5) is 29.0. The summed E-state index contributed by atoms with van der Waals surface area (Å²) in [5.74, 6) is 0.678. The summed E-state index contributed by atoms with van der Waals surface area (Å²) in [6, 6.07) is 22.7. The molecule has 37 heavy (non-hydrogen) atoms. The number of hydrogen-bond donors (Lipinski definition) is 1. The largest absolute Gasteiger partial charge is 0.350 e. The average Bonchev–Trinajstić information content (AvgIpc) is 2.83. The molecule has 4 nitrogen and oxygen atoms in total. The van der Waals surface area contributed by atoms with Gasteiger partial charge < -0.3 is 10.2 Å². The van der Waals surface area contributed by atoms with Crippen LogP contribution in [0.15, 0.2) is 72.8 Å².